The van der Waals surface area contributed by atoms with E-state index in [0.717, 1.165) is 12.8 Å². The number of carbonyl (C=O) groups excluding carboxylic acids is 1. The van der Waals surface area contributed by atoms with E-state index in [0.29, 0.717) is 18.2 Å². The lowest BCUT2D eigenvalue weighted by atomic mass is 10.2. The van der Waals surface area contributed by atoms with Crippen LogP contribution in [0.25, 0.3) is 0 Å². The highest BCUT2D eigenvalue weighted by Crippen LogP contribution is 2.32. The molecule has 0 radical (unpaired) electrons. The molecule has 1 aliphatic rings. The summed E-state index contributed by atoms with van der Waals surface area (Å²) < 4.78 is 0. The average molecular weight is 206 g/mol. The molecule has 0 saturated heterocycles. The van der Waals surface area contributed by atoms with Gasteiger partial charge >= 0.3 is 0 Å². The molecule has 1 heterocycles. The van der Waals surface area contributed by atoms with Gasteiger partial charge in [0.1, 0.15) is 5.69 Å². The van der Waals surface area contributed by atoms with Gasteiger partial charge in [0, 0.05) is 25.0 Å². The first kappa shape index (κ1) is 10.0. The second-order valence-electron chi connectivity index (χ2n) is 3.74. The average Bonchev–Trinajstić information content (AvgIpc) is 3.10. The van der Waals surface area contributed by atoms with Gasteiger partial charge in [-0.3, -0.25) is 9.78 Å². The molecule has 0 spiro atoms. The van der Waals surface area contributed by atoms with E-state index >= 15 is 0 Å². The molecule has 0 aliphatic heterocycles. The zero-order valence-corrected chi connectivity index (χ0v) is 8.39. The lowest BCUT2D eigenvalue weighted by Gasteiger charge is -2.15. The van der Waals surface area contributed by atoms with Crippen molar-refractivity contribution in [1.82, 2.24) is 15.3 Å². The van der Waals surface area contributed by atoms with Crippen molar-refractivity contribution in [2.75, 3.05) is 6.54 Å². The fraction of sp³-hybridized carbons (Fsp3) is 0.500. The Balaban J connectivity index is 1.96. The Hall–Kier alpha value is -1.49. The minimum atomic E-state index is -0.189. The van der Waals surface area contributed by atoms with Crippen LogP contribution in [-0.4, -0.2) is 28.5 Å². The number of nitrogens with two attached hydrogens (primary N) is 1. The molecule has 1 aliphatic carbocycles. The van der Waals surface area contributed by atoms with Crippen molar-refractivity contribution in [3.8, 4) is 0 Å². The largest absolute Gasteiger partial charge is 0.346 e. The van der Waals surface area contributed by atoms with Crippen LogP contribution in [0.15, 0.2) is 18.6 Å². The number of hydrogen-bond acceptors (Lipinski definition) is 4. The molecule has 1 unspecified atom stereocenters. The van der Waals surface area contributed by atoms with Crippen LogP contribution < -0.4 is 11.1 Å². The summed E-state index contributed by atoms with van der Waals surface area (Å²) in [5, 5.41) is 2.88. The van der Waals surface area contributed by atoms with Crippen LogP contribution in [0.2, 0.25) is 0 Å². The highest BCUT2D eigenvalue weighted by Gasteiger charge is 2.31. The van der Waals surface area contributed by atoms with Gasteiger partial charge in [-0.25, -0.2) is 4.98 Å². The van der Waals surface area contributed by atoms with Crippen LogP contribution in [-0.2, 0) is 0 Å². The minimum Gasteiger partial charge on any atom is -0.346 e. The lowest BCUT2D eigenvalue weighted by Crippen LogP contribution is -2.42. The van der Waals surface area contributed by atoms with E-state index in [1.807, 2.05) is 0 Å². The molecule has 15 heavy (non-hydrogen) atoms. The second-order valence-corrected chi connectivity index (χ2v) is 3.74. The van der Waals surface area contributed by atoms with Crippen molar-refractivity contribution in [2.45, 2.75) is 18.9 Å². The van der Waals surface area contributed by atoms with Gasteiger partial charge in [-0.15, -0.1) is 0 Å². The summed E-state index contributed by atoms with van der Waals surface area (Å²) in [6.45, 7) is 0.483. The fourth-order valence-electron chi connectivity index (χ4n) is 1.53. The van der Waals surface area contributed by atoms with Crippen LogP contribution in [0.5, 0.6) is 0 Å². The van der Waals surface area contributed by atoms with Crippen LogP contribution >= 0.6 is 0 Å². The molecule has 3 N–H and O–H groups in total. The Morgan fingerprint density at radius 2 is 2.40 bits per heavy atom. The molecule has 1 fully saturated rings. The molecular weight excluding hydrogens is 192 g/mol. The highest BCUT2D eigenvalue weighted by atomic mass is 16.1. The molecular formula is C10H14N4O. The van der Waals surface area contributed by atoms with E-state index in [1.54, 1.807) is 0 Å². The fourth-order valence-corrected chi connectivity index (χ4v) is 1.53. The van der Waals surface area contributed by atoms with Gasteiger partial charge in [0.2, 0.25) is 0 Å². The SMILES string of the molecule is NCC(NC(=O)c1cnccn1)C1CC1. The molecule has 80 valence electrons. The zero-order chi connectivity index (χ0) is 10.7. The van der Waals surface area contributed by atoms with E-state index < -0.39 is 0 Å². The Morgan fingerprint density at radius 3 is 2.93 bits per heavy atom. The number of hydrogen-bond donors (Lipinski definition) is 2. The predicted octanol–water partition coefficient (Wildman–Crippen LogP) is -0.0563. The third kappa shape index (κ3) is 2.50. The van der Waals surface area contributed by atoms with Gasteiger partial charge in [0.25, 0.3) is 5.91 Å². The second kappa shape index (κ2) is 4.35. The van der Waals surface area contributed by atoms with E-state index in [4.69, 9.17) is 5.73 Å². The number of rotatable bonds is 4. The number of nitrogens with zero attached hydrogens (tertiary/aromatic N) is 2. The number of amides is 1. The number of aromatic nitrogens is 2. The summed E-state index contributed by atoms with van der Waals surface area (Å²) in [6.07, 6.45) is 6.81. The third-order valence-corrected chi connectivity index (χ3v) is 2.56. The Morgan fingerprint density at radius 1 is 1.60 bits per heavy atom. The van der Waals surface area contributed by atoms with Gasteiger partial charge in [-0.1, -0.05) is 0 Å². The third-order valence-electron chi connectivity index (χ3n) is 2.56. The summed E-state index contributed by atoms with van der Waals surface area (Å²) >= 11 is 0. The molecule has 5 heteroatoms. The van der Waals surface area contributed by atoms with Crippen molar-refractivity contribution >= 4 is 5.91 Å². The maximum Gasteiger partial charge on any atom is 0.271 e. The molecule has 0 aromatic carbocycles. The summed E-state index contributed by atoms with van der Waals surface area (Å²) in [5.74, 6) is 0.362. The normalized spacial score (nSPS) is 17.1. The molecule has 1 aromatic heterocycles. The molecule has 1 atom stereocenters. The van der Waals surface area contributed by atoms with Crippen molar-refractivity contribution in [3.05, 3.63) is 24.3 Å². The van der Waals surface area contributed by atoms with E-state index in [1.165, 1.54) is 18.6 Å². The molecule has 0 bridgehead atoms. The first-order chi connectivity index (χ1) is 7.31. The quantitative estimate of drug-likeness (QED) is 0.723. The molecule has 1 saturated carbocycles. The summed E-state index contributed by atoms with van der Waals surface area (Å²) in [6, 6.07) is 0.0829. The van der Waals surface area contributed by atoms with Crippen LogP contribution in [0.4, 0.5) is 0 Å². The zero-order valence-electron chi connectivity index (χ0n) is 8.39. The van der Waals surface area contributed by atoms with Crippen LogP contribution in [0.1, 0.15) is 23.3 Å². The van der Waals surface area contributed by atoms with Crippen molar-refractivity contribution in [3.63, 3.8) is 0 Å². The van der Waals surface area contributed by atoms with Crippen molar-refractivity contribution < 1.29 is 4.79 Å². The van der Waals surface area contributed by atoms with Gasteiger partial charge in [0.15, 0.2) is 0 Å². The lowest BCUT2D eigenvalue weighted by molar-refractivity contribution is 0.0928. The smallest absolute Gasteiger partial charge is 0.271 e. The Labute approximate surface area is 88.1 Å². The highest BCUT2D eigenvalue weighted by molar-refractivity contribution is 5.92. The minimum absolute atomic E-state index is 0.0829. The summed E-state index contributed by atoms with van der Waals surface area (Å²) in [5.41, 5.74) is 5.93. The first-order valence-electron chi connectivity index (χ1n) is 5.08. The maximum atomic E-state index is 11.7. The van der Waals surface area contributed by atoms with Crippen LogP contribution in [0.3, 0.4) is 0 Å². The first-order valence-corrected chi connectivity index (χ1v) is 5.08. The maximum absolute atomic E-state index is 11.7. The number of nitrogens with one attached hydrogen (secondary N) is 1. The van der Waals surface area contributed by atoms with Crippen LogP contribution in [0, 0.1) is 5.92 Å². The van der Waals surface area contributed by atoms with E-state index in [-0.39, 0.29) is 11.9 Å². The molecule has 1 amide bonds. The van der Waals surface area contributed by atoms with Gasteiger partial charge < -0.3 is 11.1 Å². The Bertz CT molecular complexity index is 337. The van der Waals surface area contributed by atoms with Gasteiger partial charge in [-0.05, 0) is 18.8 Å². The number of carbonyl (C=O) groups is 1. The monoisotopic (exact) mass is 206 g/mol. The predicted molar refractivity (Wildman–Crippen MR) is 55.1 cm³/mol. The molecule has 5 nitrogen and oxygen atoms in total. The summed E-state index contributed by atoms with van der Waals surface area (Å²) in [7, 11) is 0. The molecule has 1 aromatic rings. The van der Waals surface area contributed by atoms with E-state index in [2.05, 4.69) is 15.3 Å². The van der Waals surface area contributed by atoms with Gasteiger partial charge in [-0.2, -0.15) is 0 Å². The summed E-state index contributed by atoms with van der Waals surface area (Å²) in [4.78, 5) is 19.5. The topological polar surface area (TPSA) is 80.9 Å². The van der Waals surface area contributed by atoms with Crippen molar-refractivity contribution in [2.24, 2.45) is 11.7 Å². The Kier molecular flexibility index (Phi) is 2.91. The van der Waals surface area contributed by atoms with Gasteiger partial charge in [0.05, 0.1) is 6.20 Å². The standard InChI is InChI=1S/C10H14N4O/c11-5-8(7-1-2-7)14-10(15)9-6-12-3-4-13-9/h3-4,6-8H,1-2,5,11H2,(H,14,15). The van der Waals surface area contributed by atoms with E-state index in [9.17, 15) is 4.79 Å². The van der Waals surface area contributed by atoms with Crippen molar-refractivity contribution in [1.29, 1.82) is 0 Å². The molecule has 2 rings (SSSR count).